The summed E-state index contributed by atoms with van der Waals surface area (Å²) in [5.41, 5.74) is 4.29. The minimum atomic E-state index is -3.35. The van der Waals surface area contributed by atoms with Gasteiger partial charge in [-0.3, -0.25) is 9.71 Å². The second-order valence-corrected chi connectivity index (χ2v) is 7.70. The highest BCUT2D eigenvalue weighted by atomic mass is 32.2. The number of hydrogen-bond acceptors (Lipinski definition) is 6. The third-order valence-electron chi connectivity index (χ3n) is 3.76. The van der Waals surface area contributed by atoms with E-state index in [1.165, 1.54) is 0 Å². The number of rotatable bonds is 5. The van der Waals surface area contributed by atoms with Crippen molar-refractivity contribution in [2.24, 2.45) is 0 Å². The zero-order valence-electron chi connectivity index (χ0n) is 14.3. The van der Waals surface area contributed by atoms with Gasteiger partial charge in [-0.2, -0.15) is 0 Å². The second kappa shape index (κ2) is 6.69. The van der Waals surface area contributed by atoms with E-state index in [0.29, 0.717) is 17.3 Å². The number of sulfonamides is 1. The first-order valence-corrected chi connectivity index (χ1v) is 9.97. The predicted molar refractivity (Wildman–Crippen MR) is 105 cm³/mol. The molecular weight excluding hydrogens is 364 g/mol. The molecular formula is C18H16N6O2S. The first kappa shape index (κ1) is 17.0. The van der Waals surface area contributed by atoms with E-state index < -0.39 is 10.0 Å². The Morgan fingerprint density at radius 1 is 1.04 bits per heavy atom. The molecule has 3 N–H and O–H groups in total. The Labute approximate surface area is 155 Å². The van der Waals surface area contributed by atoms with Crippen molar-refractivity contribution in [3.05, 3.63) is 61.1 Å². The number of H-pyrrole nitrogens is 1. The molecule has 0 fully saturated rings. The summed E-state index contributed by atoms with van der Waals surface area (Å²) in [6, 6.07) is 12.5. The summed E-state index contributed by atoms with van der Waals surface area (Å²) in [6.07, 6.45) is 6.36. The third-order valence-corrected chi connectivity index (χ3v) is 4.37. The number of anilines is 3. The third kappa shape index (κ3) is 3.87. The van der Waals surface area contributed by atoms with E-state index in [-0.39, 0.29) is 0 Å². The summed E-state index contributed by atoms with van der Waals surface area (Å²) in [7, 11) is -3.35. The number of hydrogen-bond donors (Lipinski definition) is 3. The zero-order chi connectivity index (χ0) is 18.9. The van der Waals surface area contributed by atoms with E-state index in [4.69, 9.17) is 0 Å². The van der Waals surface area contributed by atoms with Crippen molar-refractivity contribution in [2.75, 3.05) is 16.3 Å². The molecule has 4 aromatic rings. The number of benzene rings is 1. The van der Waals surface area contributed by atoms with Crippen LogP contribution in [0.1, 0.15) is 0 Å². The van der Waals surface area contributed by atoms with Crippen LogP contribution in [0, 0.1) is 0 Å². The number of aromatic amines is 1. The van der Waals surface area contributed by atoms with Gasteiger partial charge in [-0.25, -0.2) is 18.4 Å². The van der Waals surface area contributed by atoms with Gasteiger partial charge in [-0.15, -0.1) is 0 Å². The van der Waals surface area contributed by atoms with Crippen LogP contribution in [-0.2, 0) is 10.0 Å². The molecule has 136 valence electrons. The van der Waals surface area contributed by atoms with Crippen molar-refractivity contribution in [3.63, 3.8) is 0 Å². The summed E-state index contributed by atoms with van der Waals surface area (Å²) in [5.74, 6) is 0.400. The highest BCUT2D eigenvalue weighted by molar-refractivity contribution is 7.92. The Balaban J connectivity index is 1.72. The Kier molecular flexibility index (Phi) is 4.21. The van der Waals surface area contributed by atoms with Crippen LogP contribution in [-0.4, -0.2) is 34.6 Å². The van der Waals surface area contributed by atoms with Gasteiger partial charge in [0.15, 0.2) is 0 Å². The molecule has 0 aliphatic heterocycles. The van der Waals surface area contributed by atoms with Crippen LogP contribution in [0.15, 0.2) is 61.1 Å². The lowest BCUT2D eigenvalue weighted by atomic mass is 10.2. The summed E-state index contributed by atoms with van der Waals surface area (Å²) < 4.78 is 25.3. The van der Waals surface area contributed by atoms with Gasteiger partial charge in [-0.1, -0.05) is 6.07 Å². The molecule has 0 spiro atoms. The first-order valence-electron chi connectivity index (χ1n) is 8.08. The van der Waals surface area contributed by atoms with Crippen LogP contribution in [0.3, 0.4) is 0 Å². The van der Waals surface area contributed by atoms with Crippen LogP contribution in [0.2, 0.25) is 0 Å². The van der Waals surface area contributed by atoms with Crippen LogP contribution >= 0.6 is 0 Å². The van der Waals surface area contributed by atoms with E-state index in [1.807, 2.05) is 24.3 Å². The standard InChI is InChI=1S/C18H16N6O2S/c1-27(25,26)24-14-6-2-5-13(10-14)21-18-22-15-7-9-20-17(15)16(23-18)12-4-3-8-19-11-12/h2-11,20,24H,1H3,(H,21,22,23). The maximum atomic E-state index is 11.4. The quantitative estimate of drug-likeness (QED) is 0.490. The van der Waals surface area contributed by atoms with Crippen LogP contribution in [0.5, 0.6) is 0 Å². The fourth-order valence-electron chi connectivity index (χ4n) is 2.72. The molecule has 1 aromatic carbocycles. The van der Waals surface area contributed by atoms with Crippen molar-refractivity contribution >= 4 is 38.4 Å². The maximum absolute atomic E-state index is 11.4. The highest BCUT2D eigenvalue weighted by Crippen LogP contribution is 2.27. The Morgan fingerprint density at radius 2 is 1.89 bits per heavy atom. The lowest BCUT2D eigenvalue weighted by molar-refractivity contribution is 0.607. The topological polar surface area (TPSA) is 113 Å². The van der Waals surface area contributed by atoms with Crippen LogP contribution < -0.4 is 10.0 Å². The molecule has 27 heavy (non-hydrogen) atoms. The monoisotopic (exact) mass is 380 g/mol. The molecule has 8 nitrogen and oxygen atoms in total. The fraction of sp³-hybridized carbons (Fsp3) is 0.0556. The van der Waals surface area contributed by atoms with Gasteiger partial charge in [0, 0.05) is 29.8 Å². The number of nitrogens with one attached hydrogen (secondary N) is 3. The SMILES string of the molecule is CS(=O)(=O)Nc1cccc(Nc2nc(-c3cccnc3)c3[nH]ccc3n2)c1. The molecule has 0 aliphatic carbocycles. The zero-order valence-corrected chi connectivity index (χ0v) is 15.2. The largest absolute Gasteiger partial charge is 0.358 e. The van der Waals surface area contributed by atoms with E-state index in [0.717, 1.165) is 28.5 Å². The Bertz CT molecular complexity index is 1200. The summed E-state index contributed by atoms with van der Waals surface area (Å²) in [4.78, 5) is 16.4. The smallest absolute Gasteiger partial charge is 0.229 e. The van der Waals surface area contributed by atoms with E-state index in [9.17, 15) is 8.42 Å². The lowest BCUT2D eigenvalue weighted by Gasteiger charge is -2.10. The molecule has 3 heterocycles. The number of pyridine rings is 1. The van der Waals surface area contributed by atoms with Crippen LogP contribution in [0.4, 0.5) is 17.3 Å². The maximum Gasteiger partial charge on any atom is 0.229 e. The van der Waals surface area contributed by atoms with Crippen molar-refractivity contribution in [1.82, 2.24) is 19.9 Å². The molecule has 0 bridgehead atoms. The van der Waals surface area contributed by atoms with Gasteiger partial charge < -0.3 is 10.3 Å². The van der Waals surface area contributed by atoms with Gasteiger partial charge in [0.1, 0.15) is 5.69 Å². The van der Waals surface area contributed by atoms with Crippen molar-refractivity contribution in [3.8, 4) is 11.3 Å². The minimum absolute atomic E-state index is 0.400. The molecule has 0 radical (unpaired) electrons. The van der Waals surface area contributed by atoms with E-state index >= 15 is 0 Å². The molecule has 0 unspecified atom stereocenters. The molecule has 0 amide bonds. The average Bonchev–Trinajstić information content (AvgIpc) is 3.09. The summed E-state index contributed by atoms with van der Waals surface area (Å²) >= 11 is 0. The van der Waals surface area contributed by atoms with Gasteiger partial charge >= 0.3 is 0 Å². The summed E-state index contributed by atoms with van der Waals surface area (Å²) in [5, 5.41) is 3.13. The molecule has 0 saturated carbocycles. The average molecular weight is 380 g/mol. The van der Waals surface area contributed by atoms with Gasteiger partial charge in [0.2, 0.25) is 16.0 Å². The number of aromatic nitrogens is 4. The normalized spacial score (nSPS) is 11.4. The van der Waals surface area contributed by atoms with Crippen molar-refractivity contribution in [1.29, 1.82) is 0 Å². The first-order chi connectivity index (χ1) is 13.0. The van der Waals surface area contributed by atoms with Gasteiger partial charge in [0.05, 0.1) is 23.0 Å². The molecule has 0 atom stereocenters. The molecule has 3 aromatic heterocycles. The van der Waals surface area contributed by atoms with Crippen LogP contribution in [0.25, 0.3) is 22.3 Å². The van der Waals surface area contributed by atoms with E-state index in [1.54, 1.807) is 36.8 Å². The predicted octanol–water partition coefficient (Wildman–Crippen LogP) is 3.14. The Morgan fingerprint density at radius 3 is 2.67 bits per heavy atom. The van der Waals surface area contributed by atoms with E-state index in [2.05, 4.69) is 30.0 Å². The molecule has 9 heteroatoms. The lowest BCUT2D eigenvalue weighted by Crippen LogP contribution is -2.09. The van der Waals surface area contributed by atoms with Crippen molar-refractivity contribution in [2.45, 2.75) is 0 Å². The fourth-order valence-corrected chi connectivity index (χ4v) is 3.27. The Hall–Kier alpha value is -3.46. The molecule has 4 rings (SSSR count). The molecule has 0 saturated heterocycles. The van der Waals surface area contributed by atoms with Crippen molar-refractivity contribution < 1.29 is 8.42 Å². The second-order valence-electron chi connectivity index (χ2n) is 5.96. The summed E-state index contributed by atoms with van der Waals surface area (Å²) in [6.45, 7) is 0. The molecule has 0 aliphatic rings. The number of fused-ring (bicyclic) bond motifs is 1. The van der Waals surface area contributed by atoms with Gasteiger partial charge in [0.25, 0.3) is 0 Å². The number of nitrogens with zero attached hydrogens (tertiary/aromatic N) is 3. The minimum Gasteiger partial charge on any atom is -0.358 e. The van der Waals surface area contributed by atoms with Gasteiger partial charge in [-0.05, 0) is 36.4 Å². The highest BCUT2D eigenvalue weighted by Gasteiger charge is 2.11.